The summed E-state index contributed by atoms with van der Waals surface area (Å²) in [6, 6.07) is 1.37. The van der Waals surface area contributed by atoms with E-state index in [1.807, 2.05) is 7.05 Å². The number of hydrogen-bond acceptors (Lipinski definition) is 1. The number of aliphatic imine (C=N–C) groups is 1. The first-order valence-corrected chi connectivity index (χ1v) is 8.37. The highest BCUT2D eigenvalue weighted by molar-refractivity contribution is 6.11. The Morgan fingerprint density at radius 1 is 1.16 bits per heavy atom. The Kier molecular flexibility index (Phi) is 5.35. The molecule has 1 saturated heterocycles. The number of nitrogens with zero attached hydrogens (tertiary/aromatic N) is 2. The van der Waals surface area contributed by atoms with Crippen LogP contribution in [-0.2, 0) is 0 Å². The molecule has 0 spiro atoms. The van der Waals surface area contributed by atoms with E-state index in [4.69, 9.17) is 0 Å². The molecule has 0 N–H and O–H groups in total. The van der Waals surface area contributed by atoms with Crippen LogP contribution in [0, 0.1) is 5.92 Å². The molecule has 0 amide bonds. The molecule has 2 rings (SSSR count). The van der Waals surface area contributed by atoms with Crippen molar-refractivity contribution in [2.75, 3.05) is 7.05 Å². The van der Waals surface area contributed by atoms with E-state index in [0.717, 1.165) is 17.8 Å². The first kappa shape index (κ1) is 14.9. The number of fused-ring (bicyclic) bond motifs is 1. The molecular formula is C16H31BN2. The summed E-state index contributed by atoms with van der Waals surface area (Å²) in [7, 11) is 4.44. The van der Waals surface area contributed by atoms with Gasteiger partial charge in [-0.25, -0.2) is 0 Å². The van der Waals surface area contributed by atoms with Crippen molar-refractivity contribution >= 4 is 13.7 Å². The number of rotatable bonds is 1. The van der Waals surface area contributed by atoms with Crippen molar-refractivity contribution < 1.29 is 0 Å². The SMILES string of the molecule is BC1CCCCCCC2C(C/C(=N/C)N2C(C)C)C1. The van der Waals surface area contributed by atoms with Gasteiger partial charge in [0.15, 0.2) is 0 Å². The van der Waals surface area contributed by atoms with Gasteiger partial charge in [-0.05, 0) is 26.2 Å². The molecule has 3 atom stereocenters. The van der Waals surface area contributed by atoms with E-state index < -0.39 is 0 Å². The Hall–Kier alpha value is -0.465. The molecular weight excluding hydrogens is 231 g/mol. The highest BCUT2D eigenvalue weighted by Gasteiger charge is 2.39. The number of likely N-dealkylation sites (tertiary alicyclic amines) is 1. The van der Waals surface area contributed by atoms with E-state index in [1.165, 1.54) is 57.2 Å². The summed E-state index contributed by atoms with van der Waals surface area (Å²) in [5.74, 6) is 3.13. The van der Waals surface area contributed by atoms with Crippen LogP contribution in [0.15, 0.2) is 4.99 Å². The lowest BCUT2D eigenvalue weighted by atomic mass is 9.73. The van der Waals surface area contributed by atoms with Gasteiger partial charge >= 0.3 is 0 Å². The summed E-state index contributed by atoms with van der Waals surface area (Å²) in [5, 5.41) is 0. The molecule has 0 bridgehead atoms. The maximum atomic E-state index is 4.59. The monoisotopic (exact) mass is 262 g/mol. The van der Waals surface area contributed by atoms with E-state index in [2.05, 4.69) is 31.6 Å². The van der Waals surface area contributed by atoms with Crippen LogP contribution in [-0.4, -0.2) is 37.7 Å². The van der Waals surface area contributed by atoms with Gasteiger partial charge in [0.25, 0.3) is 0 Å². The molecule has 3 unspecified atom stereocenters. The van der Waals surface area contributed by atoms with E-state index in [0.29, 0.717) is 6.04 Å². The molecule has 0 aromatic rings. The molecule has 0 aromatic heterocycles. The quantitative estimate of drug-likeness (QED) is 0.662. The Morgan fingerprint density at radius 2 is 1.84 bits per heavy atom. The normalized spacial score (nSPS) is 35.7. The molecule has 1 saturated carbocycles. The second kappa shape index (κ2) is 6.81. The van der Waals surface area contributed by atoms with Crippen LogP contribution < -0.4 is 0 Å². The van der Waals surface area contributed by atoms with Crippen molar-refractivity contribution in [2.45, 2.75) is 83.1 Å². The molecule has 2 aliphatic rings. The Balaban J connectivity index is 2.15. The summed E-state index contributed by atoms with van der Waals surface area (Å²) in [4.78, 5) is 7.23. The van der Waals surface area contributed by atoms with Crippen LogP contribution in [0.4, 0.5) is 0 Å². The van der Waals surface area contributed by atoms with Crippen molar-refractivity contribution in [2.24, 2.45) is 10.9 Å². The third-order valence-corrected chi connectivity index (χ3v) is 5.11. The highest BCUT2D eigenvalue weighted by atomic mass is 15.3. The fourth-order valence-corrected chi connectivity index (χ4v) is 4.23. The predicted molar refractivity (Wildman–Crippen MR) is 86.8 cm³/mol. The first-order valence-electron chi connectivity index (χ1n) is 8.37. The molecule has 1 aliphatic heterocycles. The minimum absolute atomic E-state index is 0.604. The molecule has 1 heterocycles. The minimum Gasteiger partial charge on any atom is -0.355 e. The van der Waals surface area contributed by atoms with E-state index >= 15 is 0 Å². The third-order valence-electron chi connectivity index (χ3n) is 5.11. The maximum absolute atomic E-state index is 4.59. The molecule has 0 radical (unpaired) electrons. The zero-order valence-corrected chi connectivity index (χ0v) is 13.4. The van der Waals surface area contributed by atoms with Gasteiger partial charge in [-0.1, -0.05) is 44.3 Å². The highest BCUT2D eigenvalue weighted by Crippen LogP contribution is 2.38. The second-order valence-corrected chi connectivity index (χ2v) is 7.00. The van der Waals surface area contributed by atoms with Crippen molar-refractivity contribution in [1.29, 1.82) is 0 Å². The van der Waals surface area contributed by atoms with Gasteiger partial charge in [0.05, 0.1) is 5.84 Å². The molecule has 3 heteroatoms. The van der Waals surface area contributed by atoms with Crippen molar-refractivity contribution in [3.63, 3.8) is 0 Å². The first-order chi connectivity index (χ1) is 9.13. The summed E-state index contributed by atoms with van der Waals surface area (Å²) in [5.41, 5.74) is 0. The van der Waals surface area contributed by atoms with Crippen LogP contribution in [0.3, 0.4) is 0 Å². The predicted octanol–water partition coefficient (Wildman–Crippen LogP) is 3.28. The summed E-state index contributed by atoms with van der Waals surface area (Å²) < 4.78 is 0. The van der Waals surface area contributed by atoms with Crippen LogP contribution in [0.5, 0.6) is 0 Å². The summed E-state index contributed by atoms with van der Waals surface area (Å²) in [6.45, 7) is 4.66. The lowest BCUT2D eigenvalue weighted by Crippen LogP contribution is -2.40. The summed E-state index contributed by atoms with van der Waals surface area (Å²) in [6.07, 6.45) is 11.2. The van der Waals surface area contributed by atoms with Crippen molar-refractivity contribution in [3.05, 3.63) is 0 Å². The van der Waals surface area contributed by atoms with Crippen LogP contribution in [0.2, 0.25) is 5.82 Å². The van der Waals surface area contributed by atoms with Gasteiger partial charge in [-0.15, -0.1) is 0 Å². The minimum atomic E-state index is 0.604. The lowest BCUT2D eigenvalue weighted by molar-refractivity contribution is 0.208. The van der Waals surface area contributed by atoms with Crippen LogP contribution >= 0.6 is 0 Å². The fraction of sp³-hybridized carbons (Fsp3) is 0.938. The number of amidine groups is 1. The Labute approximate surface area is 120 Å². The second-order valence-electron chi connectivity index (χ2n) is 7.00. The molecule has 0 aromatic carbocycles. The topological polar surface area (TPSA) is 15.6 Å². The average molecular weight is 262 g/mol. The smallest absolute Gasteiger partial charge is 0.105 e. The summed E-state index contributed by atoms with van der Waals surface area (Å²) >= 11 is 0. The standard InChI is InChI=1S/C16H31BN2/c1-12(2)19-15-9-7-5-4-6-8-14(17)10-13(15)11-16(19)18-3/h12-15H,4-11,17H2,1-3H3/b18-16-. The van der Waals surface area contributed by atoms with Crippen molar-refractivity contribution in [1.82, 2.24) is 4.90 Å². The zero-order chi connectivity index (χ0) is 13.8. The van der Waals surface area contributed by atoms with E-state index in [1.54, 1.807) is 0 Å². The third kappa shape index (κ3) is 3.55. The molecule has 1 aliphatic carbocycles. The zero-order valence-electron chi connectivity index (χ0n) is 13.4. The molecule has 108 valence electrons. The van der Waals surface area contributed by atoms with E-state index in [9.17, 15) is 0 Å². The average Bonchev–Trinajstić information content (AvgIpc) is 2.72. The number of hydrogen-bond donors (Lipinski definition) is 0. The Morgan fingerprint density at radius 3 is 2.47 bits per heavy atom. The molecule has 19 heavy (non-hydrogen) atoms. The lowest BCUT2D eigenvalue weighted by Gasteiger charge is -2.34. The van der Waals surface area contributed by atoms with Crippen LogP contribution in [0.1, 0.15) is 65.2 Å². The largest absolute Gasteiger partial charge is 0.355 e. The van der Waals surface area contributed by atoms with Gasteiger partial charge in [-0.3, -0.25) is 4.99 Å². The van der Waals surface area contributed by atoms with Gasteiger partial charge in [-0.2, -0.15) is 0 Å². The molecule has 2 fully saturated rings. The van der Waals surface area contributed by atoms with Crippen molar-refractivity contribution in [3.8, 4) is 0 Å². The fourth-order valence-electron chi connectivity index (χ4n) is 4.23. The molecule has 2 nitrogen and oxygen atoms in total. The van der Waals surface area contributed by atoms with E-state index in [-0.39, 0.29) is 0 Å². The maximum Gasteiger partial charge on any atom is 0.105 e. The van der Waals surface area contributed by atoms with Crippen LogP contribution in [0.25, 0.3) is 0 Å². The van der Waals surface area contributed by atoms with Gasteiger partial charge in [0.2, 0.25) is 0 Å². The van der Waals surface area contributed by atoms with Gasteiger partial charge in [0, 0.05) is 25.6 Å². The van der Waals surface area contributed by atoms with Gasteiger partial charge in [0.1, 0.15) is 7.85 Å². The van der Waals surface area contributed by atoms with Gasteiger partial charge < -0.3 is 4.90 Å². The Bertz CT molecular complexity index is 314.